The zero-order valence-corrected chi connectivity index (χ0v) is 8.56. The summed E-state index contributed by atoms with van der Waals surface area (Å²) >= 11 is 0. The molecule has 86 valence electrons. The van der Waals surface area contributed by atoms with Crippen LogP contribution in [0.4, 0.5) is 13.2 Å². The number of benzene rings is 1. The summed E-state index contributed by atoms with van der Waals surface area (Å²) in [5.74, 6) is -3.49. The summed E-state index contributed by atoms with van der Waals surface area (Å²) in [6.45, 7) is 1.32. The molecule has 1 N–H and O–H groups in total. The van der Waals surface area contributed by atoms with Crippen LogP contribution in [0, 0.1) is 17.5 Å². The maximum atomic E-state index is 13.1. The second kappa shape index (κ2) is 5.34. The summed E-state index contributed by atoms with van der Waals surface area (Å²) < 4.78 is 38.7. The molecule has 5 heteroatoms. The van der Waals surface area contributed by atoms with Crippen molar-refractivity contribution < 1.29 is 18.0 Å². The van der Waals surface area contributed by atoms with Crippen LogP contribution in [0.1, 0.15) is 12.5 Å². The van der Waals surface area contributed by atoms with Crippen molar-refractivity contribution in [2.45, 2.75) is 13.5 Å². The van der Waals surface area contributed by atoms with E-state index in [4.69, 9.17) is 0 Å². The number of nitrogens with one attached hydrogen (secondary N) is 1. The number of amides is 1. The van der Waals surface area contributed by atoms with Crippen molar-refractivity contribution in [1.29, 1.82) is 0 Å². The van der Waals surface area contributed by atoms with E-state index < -0.39 is 23.4 Å². The molecule has 0 saturated carbocycles. The molecule has 0 aromatic heterocycles. The minimum Gasteiger partial charge on any atom is -0.348 e. The fourth-order valence-corrected chi connectivity index (χ4v) is 1.13. The summed E-state index contributed by atoms with van der Waals surface area (Å²) in [5.41, 5.74) is -0.362. The Morgan fingerprint density at radius 3 is 2.38 bits per heavy atom. The van der Waals surface area contributed by atoms with Gasteiger partial charge in [-0.2, -0.15) is 0 Å². The normalized spacial score (nSPS) is 10.8. The Labute approximate surface area is 90.8 Å². The van der Waals surface area contributed by atoms with Crippen molar-refractivity contribution in [2.24, 2.45) is 0 Å². The third-order valence-corrected chi connectivity index (χ3v) is 1.86. The fraction of sp³-hybridized carbons (Fsp3) is 0.182. The first-order valence-corrected chi connectivity index (χ1v) is 4.58. The Morgan fingerprint density at radius 2 is 1.88 bits per heavy atom. The molecule has 1 rings (SSSR count). The quantitative estimate of drug-likeness (QED) is 0.791. The highest BCUT2D eigenvalue weighted by molar-refractivity contribution is 5.87. The van der Waals surface area contributed by atoms with E-state index in [1.165, 1.54) is 12.2 Å². The van der Waals surface area contributed by atoms with Gasteiger partial charge in [0, 0.05) is 24.2 Å². The first kappa shape index (κ1) is 12.3. The van der Waals surface area contributed by atoms with Gasteiger partial charge >= 0.3 is 0 Å². The highest BCUT2D eigenvalue weighted by atomic mass is 19.1. The number of hydrogen-bond acceptors (Lipinski definition) is 1. The van der Waals surface area contributed by atoms with Gasteiger partial charge in [0.05, 0.1) is 0 Å². The maximum absolute atomic E-state index is 13.1. The Hall–Kier alpha value is -1.78. The standard InChI is InChI=1S/C11H10F3NO/c1-2-3-11(16)15-6-8-9(13)4-7(12)5-10(8)14/h2-5H,6H2,1H3,(H,15,16)/b3-2+. The van der Waals surface area contributed by atoms with Crippen molar-refractivity contribution in [3.05, 3.63) is 47.3 Å². The van der Waals surface area contributed by atoms with Gasteiger partial charge in [0.2, 0.25) is 5.91 Å². The van der Waals surface area contributed by atoms with Crippen molar-refractivity contribution in [3.8, 4) is 0 Å². The molecule has 0 bridgehead atoms. The summed E-state index contributed by atoms with van der Waals surface area (Å²) in [7, 11) is 0. The van der Waals surface area contributed by atoms with Gasteiger partial charge in [0.25, 0.3) is 0 Å². The molecule has 0 radical (unpaired) electrons. The van der Waals surface area contributed by atoms with Gasteiger partial charge in [-0.05, 0) is 13.0 Å². The van der Waals surface area contributed by atoms with Crippen LogP contribution < -0.4 is 5.32 Å². The molecule has 0 spiro atoms. The maximum Gasteiger partial charge on any atom is 0.243 e. The molecule has 1 aromatic carbocycles. The monoisotopic (exact) mass is 229 g/mol. The molecule has 0 aliphatic carbocycles. The van der Waals surface area contributed by atoms with Crippen molar-refractivity contribution in [1.82, 2.24) is 5.32 Å². The Morgan fingerprint density at radius 1 is 1.31 bits per heavy atom. The largest absolute Gasteiger partial charge is 0.348 e. The zero-order chi connectivity index (χ0) is 12.1. The first-order chi connectivity index (χ1) is 7.54. The number of halogens is 3. The van der Waals surface area contributed by atoms with Crippen LogP contribution in [0.15, 0.2) is 24.3 Å². The highest BCUT2D eigenvalue weighted by Crippen LogP contribution is 2.14. The van der Waals surface area contributed by atoms with Crippen molar-refractivity contribution in [2.75, 3.05) is 0 Å². The number of allylic oxidation sites excluding steroid dienone is 1. The van der Waals surface area contributed by atoms with Crippen LogP contribution in [-0.2, 0) is 11.3 Å². The number of carbonyl (C=O) groups is 1. The minimum atomic E-state index is -1.02. The molecule has 16 heavy (non-hydrogen) atoms. The molecule has 0 aliphatic heterocycles. The minimum absolute atomic E-state index is 0.318. The average molecular weight is 229 g/mol. The summed E-state index contributed by atoms with van der Waals surface area (Å²) in [6.07, 6.45) is 2.71. The topological polar surface area (TPSA) is 29.1 Å². The predicted octanol–water partition coefficient (Wildman–Crippen LogP) is 2.30. The Bertz CT molecular complexity index is 406. The number of carbonyl (C=O) groups excluding carboxylic acids is 1. The second-order valence-electron chi connectivity index (χ2n) is 3.07. The third-order valence-electron chi connectivity index (χ3n) is 1.86. The van der Waals surface area contributed by atoms with Gasteiger partial charge in [-0.1, -0.05) is 6.08 Å². The van der Waals surface area contributed by atoms with E-state index in [9.17, 15) is 18.0 Å². The SMILES string of the molecule is C/C=C/C(=O)NCc1c(F)cc(F)cc1F. The van der Waals surface area contributed by atoms with E-state index in [2.05, 4.69) is 5.32 Å². The lowest BCUT2D eigenvalue weighted by atomic mass is 10.2. The van der Waals surface area contributed by atoms with Crippen LogP contribution in [0.25, 0.3) is 0 Å². The molecule has 0 heterocycles. The Kier molecular flexibility index (Phi) is 4.10. The summed E-state index contributed by atoms with van der Waals surface area (Å²) in [5, 5.41) is 2.27. The molecule has 0 fully saturated rings. The molecule has 2 nitrogen and oxygen atoms in total. The van der Waals surface area contributed by atoms with Crippen LogP contribution in [0.5, 0.6) is 0 Å². The van der Waals surface area contributed by atoms with E-state index in [0.717, 1.165) is 0 Å². The van der Waals surface area contributed by atoms with Gasteiger partial charge in [-0.25, -0.2) is 13.2 Å². The summed E-state index contributed by atoms with van der Waals surface area (Å²) in [6, 6.07) is 1.14. The fourth-order valence-electron chi connectivity index (χ4n) is 1.13. The van der Waals surface area contributed by atoms with Crippen LogP contribution in [0.3, 0.4) is 0 Å². The zero-order valence-electron chi connectivity index (χ0n) is 8.56. The van der Waals surface area contributed by atoms with E-state index >= 15 is 0 Å². The smallest absolute Gasteiger partial charge is 0.243 e. The second-order valence-corrected chi connectivity index (χ2v) is 3.07. The van der Waals surface area contributed by atoms with E-state index in [1.807, 2.05) is 0 Å². The lowest BCUT2D eigenvalue weighted by Gasteiger charge is -2.05. The van der Waals surface area contributed by atoms with Crippen molar-refractivity contribution >= 4 is 5.91 Å². The predicted molar refractivity (Wildman–Crippen MR) is 53.0 cm³/mol. The molecule has 0 saturated heterocycles. The van der Waals surface area contributed by atoms with Crippen molar-refractivity contribution in [3.63, 3.8) is 0 Å². The summed E-state index contributed by atoms with van der Waals surface area (Å²) in [4.78, 5) is 11.0. The van der Waals surface area contributed by atoms with E-state index in [-0.39, 0.29) is 12.1 Å². The van der Waals surface area contributed by atoms with E-state index in [1.54, 1.807) is 6.92 Å². The van der Waals surface area contributed by atoms with Crippen LogP contribution in [-0.4, -0.2) is 5.91 Å². The third kappa shape index (κ3) is 3.12. The molecular formula is C11H10F3NO. The first-order valence-electron chi connectivity index (χ1n) is 4.58. The van der Waals surface area contributed by atoms with E-state index in [0.29, 0.717) is 12.1 Å². The Balaban J connectivity index is 2.78. The molecule has 1 amide bonds. The van der Waals surface area contributed by atoms with Gasteiger partial charge < -0.3 is 5.32 Å². The lowest BCUT2D eigenvalue weighted by molar-refractivity contribution is -0.116. The molecule has 0 atom stereocenters. The molecule has 0 aliphatic rings. The highest BCUT2D eigenvalue weighted by Gasteiger charge is 2.11. The molecule has 1 aromatic rings. The van der Waals surface area contributed by atoms with Gasteiger partial charge in [-0.15, -0.1) is 0 Å². The van der Waals surface area contributed by atoms with Gasteiger partial charge in [0.15, 0.2) is 0 Å². The average Bonchev–Trinajstić information content (AvgIpc) is 2.16. The molecule has 0 unspecified atom stereocenters. The van der Waals surface area contributed by atoms with Gasteiger partial charge in [-0.3, -0.25) is 4.79 Å². The van der Waals surface area contributed by atoms with Gasteiger partial charge in [0.1, 0.15) is 17.5 Å². The van der Waals surface area contributed by atoms with Crippen LogP contribution in [0.2, 0.25) is 0 Å². The van der Waals surface area contributed by atoms with Crippen LogP contribution >= 0.6 is 0 Å². The number of rotatable bonds is 3. The lowest BCUT2D eigenvalue weighted by Crippen LogP contribution is -2.21. The number of hydrogen-bond donors (Lipinski definition) is 1. The molecular weight excluding hydrogens is 219 g/mol.